The molecule has 1 heterocycles. The molecule has 0 bridgehead atoms. The highest BCUT2D eigenvalue weighted by molar-refractivity contribution is 7.87. The molecular weight excluding hydrogens is 416 g/mol. The second kappa shape index (κ2) is 9.18. The first-order chi connectivity index (χ1) is 14.7. The summed E-state index contributed by atoms with van der Waals surface area (Å²) in [6.07, 6.45) is 7.51. The third-order valence-corrected chi connectivity index (χ3v) is 7.24. The molecule has 31 heavy (non-hydrogen) atoms. The summed E-state index contributed by atoms with van der Waals surface area (Å²) in [6, 6.07) is 8.84. The number of aromatic nitrogens is 2. The average molecular weight is 445 g/mol. The number of amides is 1. The Morgan fingerprint density at radius 1 is 1.26 bits per heavy atom. The van der Waals surface area contributed by atoms with Crippen LogP contribution >= 0.6 is 0 Å². The van der Waals surface area contributed by atoms with Gasteiger partial charge in [0.15, 0.2) is 0 Å². The largest absolute Gasteiger partial charge is 0.338 e. The molecule has 3 N–H and O–H groups in total. The minimum Gasteiger partial charge on any atom is -0.338 e. The molecule has 10 heteroatoms. The van der Waals surface area contributed by atoms with Gasteiger partial charge in [-0.25, -0.2) is 0 Å². The SMILES string of the molecule is CN(C)S(=O)(=O)n1cc(-c2ccc(CC(C#N)NC(=O)C3(N)CCCCC3)cc2)cn1. The van der Waals surface area contributed by atoms with Gasteiger partial charge < -0.3 is 11.1 Å². The van der Waals surface area contributed by atoms with Gasteiger partial charge in [-0.15, -0.1) is 0 Å². The molecule has 3 rings (SSSR count). The van der Waals surface area contributed by atoms with Crippen LogP contribution in [0.25, 0.3) is 11.1 Å². The fraction of sp³-hybridized carbons (Fsp3) is 0.476. The van der Waals surface area contributed by atoms with Crippen molar-refractivity contribution in [1.82, 2.24) is 18.8 Å². The Bertz CT molecular complexity index is 1060. The maximum atomic E-state index is 12.6. The van der Waals surface area contributed by atoms with Crippen LogP contribution in [0.15, 0.2) is 36.7 Å². The zero-order valence-corrected chi connectivity index (χ0v) is 18.6. The summed E-state index contributed by atoms with van der Waals surface area (Å²) < 4.78 is 26.3. The molecule has 0 aliphatic heterocycles. The van der Waals surface area contributed by atoms with E-state index in [9.17, 15) is 18.5 Å². The molecule has 1 unspecified atom stereocenters. The minimum atomic E-state index is -3.67. The lowest BCUT2D eigenvalue weighted by atomic mass is 9.81. The topological polar surface area (TPSA) is 134 Å². The summed E-state index contributed by atoms with van der Waals surface area (Å²) in [7, 11) is -0.783. The lowest BCUT2D eigenvalue weighted by Crippen LogP contribution is -2.57. The van der Waals surface area contributed by atoms with E-state index in [-0.39, 0.29) is 5.91 Å². The van der Waals surface area contributed by atoms with Crippen LogP contribution in [0.2, 0.25) is 0 Å². The summed E-state index contributed by atoms with van der Waals surface area (Å²) in [6.45, 7) is 0. The Balaban J connectivity index is 1.67. The normalized spacial score (nSPS) is 17.1. The van der Waals surface area contributed by atoms with Gasteiger partial charge in [-0.1, -0.05) is 43.5 Å². The summed E-state index contributed by atoms with van der Waals surface area (Å²) in [4.78, 5) is 12.6. The molecule has 9 nitrogen and oxygen atoms in total. The zero-order valence-electron chi connectivity index (χ0n) is 17.8. The van der Waals surface area contributed by atoms with Crippen molar-refractivity contribution in [2.45, 2.75) is 50.1 Å². The van der Waals surface area contributed by atoms with Crippen molar-refractivity contribution in [3.63, 3.8) is 0 Å². The quantitative estimate of drug-likeness (QED) is 0.663. The third-order valence-electron chi connectivity index (χ3n) is 5.64. The van der Waals surface area contributed by atoms with Crippen molar-refractivity contribution < 1.29 is 13.2 Å². The average Bonchev–Trinajstić information content (AvgIpc) is 3.25. The number of carbonyl (C=O) groups is 1. The van der Waals surface area contributed by atoms with E-state index in [0.29, 0.717) is 24.8 Å². The summed E-state index contributed by atoms with van der Waals surface area (Å²) in [5, 5.41) is 16.2. The lowest BCUT2D eigenvalue weighted by Gasteiger charge is -2.32. The second-order valence-corrected chi connectivity index (χ2v) is 10.2. The van der Waals surface area contributed by atoms with Crippen LogP contribution in [0.4, 0.5) is 0 Å². The molecule has 0 radical (unpaired) electrons. The molecule has 2 aromatic rings. The van der Waals surface area contributed by atoms with E-state index >= 15 is 0 Å². The maximum absolute atomic E-state index is 12.6. The van der Waals surface area contributed by atoms with Gasteiger partial charge in [0.2, 0.25) is 5.91 Å². The monoisotopic (exact) mass is 444 g/mol. The van der Waals surface area contributed by atoms with E-state index in [1.54, 1.807) is 0 Å². The fourth-order valence-electron chi connectivity index (χ4n) is 3.66. The third kappa shape index (κ3) is 5.12. The van der Waals surface area contributed by atoms with Crippen LogP contribution < -0.4 is 11.1 Å². The number of nitrogens with one attached hydrogen (secondary N) is 1. The Morgan fingerprint density at radius 3 is 2.48 bits per heavy atom. The number of nitriles is 1. The number of nitrogens with two attached hydrogens (primary N) is 1. The smallest absolute Gasteiger partial charge is 0.322 e. The highest BCUT2D eigenvalue weighted by Crippen LogP contribution is 2.26. The first-order valence-corrected chi connectivity index (χ1v) is 11.6. The Labute approximate surface area is 183 Å². The predicted octanol–water partition coefficient (Wildman–Crippen LogP) is 1.42. The van der Waals surface area contributed by atoms with Crippen molar-refractivity contribution in [1.29, 1.82) is 5.26 Å². The highest BCUT2D eigenvalue weighted by Gasteiger charge is 2.36. The Morgan fingerprint density at radius 2 is 1.90 bits per heavy atom. The van der Waals surface area contributed by atoms with Gasteiger partial charge in [-0.05, 0) is 24.0 Å². The van der Waals surface area contributed by atoms with Crippen LogP contribution in [-0.2, 0) is 21.4 Å². The number of rotatable bonds is 7. The Kier molecular flexibility index (Phi) is 6.79. The first-order valence-electron chi connectivity index (χ1n) is 10.2. The summed E-state index contributed by atoms with van der Waals surface area (Å²) in [5.41, 5.74) is 7.70. The summed E-state index contributed by atoms with van der Waals surface area (Å²) >= 11 is 0. The Hall–Kier alpha value is -2.74. The molecule has 1 saturated carbocycles. The van der Waals surface area contributed by atoms with Gasteiger partial charge in [-0.3, -0.25) is 4.79 Å². The second-order valence-electron chi connectivity index (χ2n) is 8.16. The van der Waals surface area contributed by atoms with Crippen LogP contribution in [0, 0.1) is 11.3 Å². The fourth-order valence-corrected chi connectivity index (χ4v) is 4.40. The molecular formula is C21H28N6O3S. The van der Waals surface area contributed by atoms with Crippen molar-refractivity contribution in [2.24, 2.45) is 5.73 Å². The maximum Gasteiger partial charge on any atom is 0.322 e. The van der Waals surface area contributed by atoms with E-state index in [1.165, 1.54) is 26.5 Å². The van der Waals surface area contributed by atoms with E-state index in [1.807, 2.05) is 24.3 Å². The molecule has 1 aliphatic carbocycles. The van der Waals surface area contributed by atoms with E-state index in [2.05, 4.69) is 16.5 Å². The molecule has 0 saturated heterocycles. The van der Waals surface area contributed by atoms with Crippen molar-refractivity contribution in [3.8, 4) is 17.2 Å². The molecule has 1 aromatic heterocycles. The number of hydrogen-bond acceptors (Lipinski definition) is 6. The van der Waals surface area contributed by atoms with Crippen molar-refractivity contribution in [2.75, 3.05) is 14.1 Å². The molecule has 1 aromatic carbocycles. The van der Waals surface area contributed by atoms with E-state index < -0.39 is 21.8 Å². The van der Waals surface area contributed by atoms with Gasteiger partial charge in [-0.2, -0.15) is 27.2 Å². The van der Waals surface area contributed by atoms with Crippen molar-refractivity contribution in [3.05, 3.63) is 42.2 Å². The number of nitrogens with zero attached hydrogens (tertiary/aromatic N) is 4. The molecule has 1 atom stereocenters. The first kappa shape index (κ1) is 22.9. The summed E-state index contributed by atoms with van der Waals surface area (Å²) in [5.74, 6) is -0.259. The van der Waals surface area contributed by atoms with Gasteiger partial charge >= 0.3 is 10.2 Å². The van der Waals surface area contributed by atoms with Crippen LogP contribution in [0.1, 0.15) is 37.7 Å². The highest BCUT2D eigenvalue weighted by atomic mass is 32.2. The van der Waals surface area contributed by atoms with Crippen LogP contribution in [0.5, 0.6) is 0 Å². The van der Waals surface area contributed by atoms with Crippen LogP contribution in [0.3, 0.4) is 0 Å². The van der Waals surface area contributed by atoms with Gasteiger partial charge in [0.1, 0.15) is 6.04 Å². The molecule has 1 fully saturated rings. The van der Waals surface area contributed by atoms with Crippen molar-refractivity contribution >= 4 is 16.1 Å². The zero-order chi connectivity index (χ0) is 22.6. The molecule has 0 spiro atoms. The van der Waals surface area contributed by atoms with E-state index in [0.717, 1.165) is 38.8 Å². The van der Waals surface area contributed by atoms with Gasteiger partial charge in [0.25, 0.3) is 0 Å². The molecule has 1 amide bonds. The number of carbonyl (C=O) groups excluding carboxylic acids is 1. The lowest BCUT2D eigenvalue weighted by molar-refractivity contribution is -0.127. The predicted molar refractivity (Wildman–Crippen MR) is 117 cm³/mol. The molecule has 166 valence electrons. The van der Waals surface area contributed by atoms with Crippen LogP contribution in [-0.4, -0.2) is 53.5 Å². The molecule has 1 aliphatic rings. The van der Waals surface area contributed by atoms with E-state index in [4.69, 9.17) is 5.73 Å². The number of benzene rings is 1. The minimum absolute atomic E-state index is 0.259. The van der Waals surface area contributed by atoms with Gasteiger partial charge in [0, 0.05) is 26.1 Å². The number of hydrogen-bond donors (Lipinski definition) is 2. The van der Waals surface area contributed by atoms with Gasteiger partial charge in [0.05, 0.1) is 24.0 Å². The standard InChI is InChI=1S/C21H28N6O3S/c1-26(2)31(29,30)27-15-18(14-24-27)17-8-6-16(7-9-17)12-19(13-22)25-20(28)21(23)10-4-3-5-11-21/h6-9,14-15,19H,3-5,10-12,23H2,1-2H3,(H,25,28).